The first kappa shape index (κ1) is 16.2. The van der Waals surface area contributed by atoms with Gasteiger partial charge in [0, 0.05) is 0 Å². The molecular formula is C18H35O2P. The number of rotatable bonds is 3. The molecule has 0 heterocycles. The molecule has 0 aromatic rings. The van der Waals surface area contributed by atoms with Crippen LogP contribution >= 0.6 is 7.06 Å². The summed E-state index contributed by atoms with van der Waals surface area (Å²) in [5.74, 6) is 0. The van der Waals surface area contributed by atoms with Crippen molar-refractivity contribution in [3.05, 3.63) is 0 Å². The summed E-state index contributed by atoms with van der Waals surface area (Å²) < 4.78 is 0. The van der Waals surface area contributed by atoms with Crippen LogP contribution in [0, 0.1) is 0 Å². The standard InChI is InChI=1S/C18H35O2P/c19-21(20,16-10-4-1-5-11-16,17-12-6-2-7-13-17)18-14-8-3-9-15-18/h16-20H,1-15H2. The monoisotopic (exact) mass is 314 g/mol. The van der Waals surface area contributed by atoms with Gasteiger partial charge in [0.1, 0.15) is 0 Å². The zero-order chi connectivity index (χ0) is 14.8. The SMILES string of the molecule is OP(O)(C1CCCCC1)(C1CCCCC1)C1CCCCC1. The normalized spacial score (nSPS) is 29.9. The van der Waals surface area contributed by atoms with Crippen molar-refractivity contribution in [1.29, 1.82) is 0 Å². The Morgan fingerprint density at radius 2 is 0.667 bits per heavy atom. The van der Waals surface area contributed by atoms with Crippen LogP contribution < -0.4 is 0 Å². The van der Waals surface area contributed by atoms with E-state index in [1.807, 2.05) is 0 Å². The molecule has 0 aromatic heterocycles. The molecule has 3 heteroatoms. The van der Waals surface area contributed by atoms with Gasteiger partial charge in [-0.05, 0) is 0 Å². The van der Waals surface area contributed by atoms with Gasteiger partial charge >= 0.3 is 130 Å². The molecule has 0 aliphatic heterocycles. The van der Waals surface area contributed by atoms with Crippen LogP contribution in [0.2, 0.25) is 0 Å². The van der Waals surface area contributed by atoms with Gasteiger partial charge in [-0.2, -0.15) is 0 Å². The third-order valence-electron chi connectivity index (χ3n) is 6.97. The molecule has 2 nitrogen and oxygen atoms in total. The molecule has 3 saturated carbocycles. The van der Waals surface area contributed by atoms with Gasteiger partial charge in [0.15, 0.2) is 0 Å². The molecule has 0 atom stereocenters. The molecule has 124 valence electrons. The van der Waals surface area contributed by atoms with Crippen molar-refractivity contribution in [3.8, 4) is 0 Å². The molecule has 21 heavy (non-hydrogen) atoms. The molecule has 0 spiro atoms. The first-order chi connectivity index (χ1) is 10.1. The first-order valence-corrected chi connectivity index (χ1v) is 12.0. The number of hydrogen-bond donors (Lipinski definition) is 2. The summed E-state index contributed by atoms with van der Waals surface area (Å²) in [6, 6.07) is 0. The van der Waals surface area contributed by atoms with Gasteiger partial charge in [-0.15, -0.1) is 0 Å². The summed E-state index contributed by atoms with van der Waals surface area (Å²) in [5.41, 5.74) is 0.780. The molecule has 0 bridgehead atoms. The fraction of sp³-hybridized carbons (Fsp3) is 1.00. The van der Waals surface area contributed by atoms with E-state index in [2.05, 4.69) is 0 Å². The van der Waals surface area contributed by atoms with Crippen LogP contribution in [0.4, 0.5) is 0 Å². The minimum absolute atomic E-state index is 0.260. The number of hydrogen-bond acceptors (Lipinski definition) is 2. The van der Waals surface area contributed by atoms with Gasteiger partial charge in [-0.3, -0.25) is 0 Å². The van der Waals surface area contributed by atoms with E-state index in [1.54, 1.807) is 0 Å². The second kappa shape index (κ2) is 6.46. The van der Waals surface area contributed by atoms with Crippen LogP contribution in [-0.2, 0) is 0 Å². The summed E-state index contributed by atoms with van der Waals surface area (Å²) in [6.07, 6.45) is 17.8. The Bertz CT molecular complexity index is 285. The van der Waals surface area contributed by atoms with Crippen molar-refractivity contribution in [2.45, 2.75) is 113 Å². The maximum absolute atomic E-state index is 12.0. The van der Waals surface area contributed by atoms with Gasteiger partial charge < -0.3 is 0 Å². The van der Waals surface area contributed by atoms with Crippen molar-refractivity contribution in [1.82, 2.24) is 0 Å². The van der Waals surface area contributed by atoms with E-state index in [9.17, 15) is 9.79 Å². The van der Waals surface area contributed by atoms with Crippen LogP contribution in [-0.4, -0.2) is 26.8 Å². The van der Waals surface area contributed by atoms with Crippen LogP contribution in [0.15, 0.2) is 0 Å². The van der Waals surface area contributed by atoms with E-state index in [4.69, 9.17) is 0 Å². The van der Waals surface area contributed by atoms with Gasteiger partial charge in [-0.1, -0.05) is 0 Å². The van der Waals surface area contributed by atoms with Crippen LogP contribution in [0.3, 0.4) is 0 Å². The van der Waals surface area contributed by atoms with Gasteiger partial charge in [0.2, 0.25) is 0 Å². The van der Waals surface area contributed by atoms with E-state index in [1.165, 1.54) is 57.8 Å². The molecule has 3 aliphatic rings. The molecule has 0 radical (unpaired) electrons. The van der Waals surface area contributed by atoms with Crippen molar-refractivity contribution in [2.75, 3.05) is 0 Å². The summed E-state index contributed by atoms with van der Waals surface area (Å²) in [5, 5.41) is 0. The van der Waals surface area contributed by atoms with Crippen LogP contribution in [0.5, 0.6) is 0 Å². The van der Waals surface area contributed by atoms with Crippen molar-refractivity contribution in [2.24, 2.45) is 0 Å². The third-order valence-corrected chi connectivity index (χ3v) is 13.0. The summed E-state index contributed by atoms with van der Waals surface area (Å²) in [4.78, 5) is 24.1. The Morgan fingerprint density at radius 3 is 0.905 bits per heavy atom. The summed E-state index contributed by atoms with van der Waals surface area (Å²) in [6.45, 7) is 0. The minimum atomic E-state index is -3.54. The fourth-order valence-electron chi connectivity index (χ4n) is 5.72. The predicted molar refractivity (Wildman–Crippen MR) is 92.0 cm³/mol. The van der Waals surface area contributed by atoms with E-state index < -0.39 is 7.06 Å². The Morgan fingerprint density at radius 1 is 0.429 bits per heavy atom. The molecule has 3 fully saturated rings. The van der Waals surface area contributed by atoms with E-state index in [0.717, 1.165) is 38.5 Å². The van der Waals surface area contributed by atoms with E-state index >= 15 is 0 Å². The third kappa shape index (κ3) is 2.93. The first-order valence-electron chi connectivity index (χ1n) is 9.62. The zero-order valence-electron chi connectivity index (χ0n) is 13.7. The van der Waals surface area contributed by atoms with E-state index in [0.29, 0.717) is 0 Å². The van der Waals surface area contributed by atoms with Crippen LogP contribution in [0.25, 0.3) is 0 Å². The molecule has 0 saturated heterocycles. The maximum atomic E-state index is 12.0. The van der Waals surface area contributed by atoms with Gasteiger partial charge in [0.05, 0.1) is 0 Å². The molecule has 0 unspecified atom stereocenters. The zero-order valence-corrected chi connectivity index (χ0v) is 14.6. The second-order valence-electron chi connectivity index (χ2n) is 8.10. The molecule has 2 N–H and O–H groups in total. The molecule has 3 rings (SSSR count). The average molecular weight is 314 g/mol. The molecule has 0 aromatic carbocycles. The van der Waals surface area contributed by atoms with Crippen LogP contribution in [0.1, 0.15) is 96.3 Å². The average Bonchev–Trinajstić information content (AvgIpc) is 2.57. The summed E-state index contributed by atoms with van der Waals surface area (Å²) >= 11 is 0. The quantitative estimate of drug-likeness (QED) is 0.689. The predicted octanol–water partition coefficient (Wildman–Crippen LogP) is 5.35. The van der Waals surface area contributed by atoms with Gasteiger partial charge in [-0.25, -0.2) is 0 Å². The molecule has 0 amide bonds. The molecule has 3 aliphatic carbocycles. The second-order valence-corrected chi connectivity index (χ2v) is 12.8. The van der Waals surface area contributed by atoms with Crippen molar-refractivity contribution >= 4 is 7.06 Å². The topological polar surface area (TPSA) is 40.5 Å². The fourth-order valence-corrected chi connectivity index (χ4v) is 11.8. The Hall–Kier alpha value is 0.350. The molecular weight excluding hydrogens is 279 g/mol. The van der Waals surface area contributed by atoms with Crippen molar-refractivity contribution in [3.63, 3.8) is 0 Å². The van der Waals surface area contributed by atoms with E-state index in [-0.39, 0.29) is 17.0 Å². The van der Waals surface area contributed by atoms with Gasteiger partial charge in [0.25, 0.3) is 0 Å². The summed E-state index contributed by atoms with van der Waals surface area (Å²) in [7, 11) is -3.54. The Kier molecular flexibility index (Phi) is 4.99. The Balaban J connectivity index is 1.90. The Labute approximate surface area is 130 Å². The van der Waals surface area contributed by atoms with Crippen molar-refractivity contribution < 1.29 is 9.79 Å².